The summed E-state index contributed by atoms with van der Waals surface area (Å²) in [6.07, 6.45) is 3.61. The first-order valence-corrected chi connectivity index (χ1v) is 11.2. The molecule has 0 radical (unpaired) electrons. The highest BCUT2D eigenvalue weighted by Gasteiger charge is 2.36. The van der Waals surface area contributed by atoms with Gasteiger partial charge in [0.05, 0.1) is 24.2 Å². The maximum Gasteiger partial charge on any atom is 0.337 e. The molecule has 3 rings (SSSR count). The number of fused-ring (bicyclic) bond motifs is 1. The summed E-state index contributed by atoms with van der Waals surface area (Å²) in [4.78, 5) is 33.6. The summed E-state index contributed by atoms with van der Waals surface area (Å²) in [5.74, 6) is 0.890. The number of allylic oxidation sites excluding steroid dienone is 1. The first kappa shape index (κ1) is 22.7. The van der Waals surface area contributed by atoms with E-state index in [2.05, 4.69) is 28.8 Å². The highest BCUT2D eigenvalue weighted by Crippen LogP contribution is 2.40. The van der Waals surface area contributed by atoms with Crippen LogP contribution in [-0.2, 0) is 9.53 Å². The van der Waals surface area contributed by atoms with E-state index in [-0.39, 0.29) is 12.2 Å². The van der Waals surface area contributed by atoms with E-state index >= 15 is 0 Å². The van der Waals surface area contributed by atoms with Crippen LogP contribution in [0.4, 0.5) is 5.82 Å². The van der Waals surface area contributed by atoms with Gasteiger partial charge in [-0.25, -0.2) is 9.78 Å². The molecule has 0 fully saturated rings. The van der Waals surface area contributed by atoms with E-state index in [4.69, 9.17) is 9.47 Å². The summed E-state index contributed by atoms with van der Waals surface area (Å²) in [6.45, 7) is 7.58. The molecule has 1 aliphatic heterocycles. The van der Waals surface area contributed by atoms with E-state index in [1.165, 1.54) is 17.8 Å². The molecule has 1 aliphatic rings. The molecule has 2 N–H and O–H groups in total. The Hall–Kier alpha value is -3.00. The van der Waals surface area contributed by atoms with Crippen LogP contribution in [0, 0.1) is 0 Å². The summed E-state index contributed by atoms with van der Waals surface area (Å²) >= 11 is 1.51. The van der Waals surface area contributed by atoms with Crippen molar-refractivity contribution < 1.29 is 14.3 Å². The number of nitrogens with zero attached hydrogens (tertiary/aromatic N) is 1. The fourth-order valence-corrected chi connectivity index (χ4v) is 4.37. The first-order chi connectivity index (χ1) is 15.0. The van der Waals surface area contributed by atoms with Gasteiger partial charge in [0.15, 0.2) is 5.16 Å². The molecule has 164 valence electrons. The summed E-state index contributed by atoms with van der Waals surface area (Å²) in [5, 5.41) is 3.70. The molecule has 0 saturated heterocycles. The van der Waals surface area contributed by atoms with Crippen molar-refractivity contribution in [3.8, 4) is 5.75 Å². The van der Waals surface area contributed by atoms with Crippen LogP contribution in [0.5, 0.6) is 5.75 Å². The zero-order valence-electron chi connectivity index (χ0n) is 18.0. The molecule has 7 nitrogen and oxygen atoms in total. The van der Waals surface area contributed by atoms with Crippen molar-refractivity contribution in [1.29, 1.82) is 0 Å². The maximum atomic E-state index is 13.1. The third-order valence-corrected chi connectivity index (χ3v) is 5.92. The quantitative estimate of drug-likeness (QED) is 0.198. The molecule has 2 heterocycles. The number of carbonyl (C=O) groups excluding carboxylic acids is 1. The Morgan fingerprint density at radius 2 is 2.06 bits per heavy atom. The third kappa shape index (κ3) is 5.02. The number of hydrogen-bond donors (Lipinski definition) is 2. The summed E-state index contributed by atoms with van der Waals surface area (Å²) in [6, 6.07) is 7.29. The normalized spacial score (nSPS) is 15.1. The molecule has 8 heteroatoms. The van der Waals surface area contributed by atoms with Gasteiger partial charge in [-0.1, -0.05) is 49.9 Å². The van der Waals surface area contributed by atoms with Crippen molar-refractivity contribution in [2.75, 3.05) is 24.8 Å². The fraction of sp³-hybridized carbons (Fsp3) is 0.348. The lowest BCUT2D eigenvalue weighted by molar-refractivity contribution is -0.138. The van der Waals surface area contributed by atoms with Crippen LogP contribution in [-0.4, -0.2) is 35.4 Å². The number of hydrogen-bond acceptors (Lipinski definition) is 7. The SMILES string of the molecule is C=CCOC(=O)C1=C(C)Nc2nc(SCCCC)[nH]c(=O)c2[C@@H]1c1ccc(OC)cc1. The molecule has 0 bridgehead atoms. The molecule has 0 unspecified atom stereocenters. The van der Waals surface area contributed by atoms with Crippen molar-refractivity contribution in [3.63, 3.8) is 0 Å². The van der Waals surface area contributed by atoms with Crippen molar-refractivity contribution in [2.24, 2.45) is 0 Å². The van der Waals surface area contributed by atoms with E-state index < -0.39 is 11.9 Å². The molecule has 0 saturated carbocycles. The Kier molecular flexibility index (Phi) is 7.57. The predicted molar refractivity (Wildman–Crippen MR) is 123 cm³/mol. The lowest BCUT2D eigenvalue weighted by Crippen LogP contribution is -2.31. The number of carbonyl (C=O) groups is 1. The number of rotatable bonds is 9. The first-order valence-electron chi connectivity index (χ1n) is 10.2. The van der Waals surface area contributed by atoms with Crippen LogP contribution in [0.1, 0.15) is 43.7 Å². The van der Waals surface area contributed by atoms with E-state index in [0.717, 1.165) is 24.2 Å². The second kappa shape index (κ2) is 10.3. The standard InChI is InChI=1S/C23H27N3O4S/c1-5-7-13-31-23-25-20-19(21(27)26-23)18(15-8-10-16(29-4)11-9-15)17(14(3)24-20)22(28)30-12-6-2/h6,8-11,18H,2,5,7,12-13H2,1,3-4H3,(H2,24,25,26,27)/t18-/m1/s1. The molecular formula is C23H27N3O4S. The molecule has 0 aliphatic carbocycles. The molecule has 1 atom stereocenters. The molecular weight excluding hydrogens is 414 g/mol. The highest BCUT2D eigenvalue weighted by molar-refractivity contribution is 7.99. The maximum absolute atomic E-state index is 13.1. The monoisotopic (exact) mass is 441 g/mol. The van der Waals surface area contributed by atoms with Crippen molar-refractivity contribution in [2.45, 2.75) is 37.8 Å². The van der Waals surface area contributed by atoms with Gasteiger partial charge >= 0.3 is 5.97 Å². The van der Waals surface area contributed by atoms with Gasteiger partial charge in [-0.2, -0.15) is 0 Å². The minimum atomic E-state index is -0.620. The van der Waals surface area contributed by atoms with Crippen molar-refractivity contribution in [3.05, 3.63) is 69.7 Å². The average molecular weight is 442 g/mol. The molecule has 0 amide bonds. The second-order valence-corrected chi connectivity index (χ2v) is 8.18. The molecule has 31 heavy (non-hydrogen) atoms. The number of H-pyrrole nitrogens is 1. The predicted octanol–water partition coefficient (Wildman–Crippen LogP) is 4.23. The zero-order valence-corrected chi connectivity index (χ0v) is 18.8. The number of esters is 1. The van der Waals surface area contributed by atoms with Gasteiger partial charge in [-0.15, -0.1) is 0 Å². The largest absolute Gasteiger partial charge is 0.497 e. The zero-order chi connectivity index (χ0) is 22.4. The van der Waals surface area contributed by atoms with Gasteiger partial charge in [0.2, 0.25) is 0 Å². The number of benzene rings is 1. The second-order valence-electron chi connectivity index (χ2n) is 7.09. The lowest BCUT2D eigenvalue weighted by Gasteiger charge is -2.28. The number of nitrogens with one attached hydrogen (secondary N) is 2. The number of methoxy groups -OCH3 is 1. The van der Waals surface area contributed by atoms with Crippen LogP contribution in [0.25, 0.3) is 0 Å². The Labute approximate surface area is 186 Å². The van der Waals surface area contributed by atoms with Gasteiger partial charge in [0.25, 0.3) is 5.56 Å². The number of aromatic amines is 1. The summed E-state index contributed by atoms with van der Waals surface area (Å²) < 4.78 is 10.6. The van der Waals surface area contributed by atoms with Gasteiger partial charge in [0, 0.05) is 11.4 Å². The Balaban J connectivity index is 2.10. The van der Waals surface area contributed by atoms with E-state index in [9.17, 15) is 9.59 Å². The smallest absolute Gasteiger partial charge is 0.337 e. The Morgan fingerprint density at radius 3 is 2.71 bits per heavy atom. The minimum absolute atomic E-state index is 0.0828. The topological polar surface area (TPSA) is 93.3 Å². The average Bonchev–Trinajstić information content (AvgIpc) is 2.76. The number of anilines is 1. The Bertz CT molecular complexity index is 1040. The third-order valence-electron chi connectivity index (χ3n) is 4.96. The van der Waals surface area contributed by atoms with Crippen molar-refractivity contribution >= 4 is 23.5 Å². The molecule has 1 aromatic heterocycles. The van der Waals surface area contributed by atoms with Crippen LogP contribution >= 0.6 is 11.8 Å². The van der Waals surface area contributed by atoms with Gasteiger partial charge < -0.3 is 19.8 Å². The minimum Gasteiger partial charge on any atom is -0.497 e. The number of aromatic nitrogens is 2. The molecule has 2 aromatic rings. The van der Waals surface area contributed by atoms with E-state index in [1.807, 2.05) is 12.1 Å². The molecule has 1 aromatic carbocycles. The van der Waals surface area contributed by atoms with Crippen LogP contribution < -0.4 is 15.6 Å². The summed E-state index contributed by atoms with van der Waals surface area (Å²) in [5.41, 5.74) is 1.86. The van der Waals surface area contributed by atoms with Crippen LogP contribution in [0.2, 0.25) is 0 Å². The fourth-order valence-electron chi connectivity index (χ4n) is 3.43. The van der Waals surface area contributed by atoms with E-state index in [1.54, 1.807) is 26.2 Å². The number of unbranched alkanes of at least 4 members (excludes halogenated alkanes) is 1. The number of ether oxygens (including phenoxy) is 2. The van der Waals surface area contributed by atoms with Gasteiger partial charge in [0.1, 0.15) is 18.2 Å². The van der Waals surface area contributed by atoms with Gasteiger partial charge in [-0.3, -0.25) is 4.79 Å². The van der Waals surface area contributed by atoms with E-state index in [0.29, 0.717) is 33.6 Å². The highest BCUT2D eigenvalue weighted by atomic mass is 32.2. The lowest BCUT2D eigenvalue weighted by atomic mass is 9.82. The van der Waals surface area contributed by atoms with Gasteiger partial charge in [-0.05, 0) is 31.0 Å². The Morgan fingerprint density at radius 1 is 1.32 bits per heavy atom. The summed E-state index contributed by atoms with van der Waals surface area (Å²) in [7, 11) is 1.59. The van der Waals surface area contributed by atoms with Crippen molar-refractivity contribution in [1.82, 2.24) is 9.97 Å². The number of thioether (sulfide) groups is 1. The van der Waals surface area contributed by atoms with Crippen LogP contribution in [0.15, 0.2) is 58.1 Å². The van der Waals surface area contributed by atoms with Crippen LogP contribution in [0.3, 0.4) is 0 Å². The molecule has 0 spiro atoms.